The van der Waals surface area contributed by atoms with Crippen LogP contribution in [0.1, 0.15) is 42.2 Å². The number of aromatic nitrogens is 2. The van der Waals surface area contributed by atoms with Gasteiger partial charge in [0.25, 0.3) is 0 Å². The maximum atomic E-state index is 6.02. The topological polar surface area (TPSA) is 51.9 Å². The molecule has 1 atom stereocenters. The van der Waals surface area contributed by atoms with Gasteiger partial charge in [0.05, 0.1) is 24.8 Å². The molecule has 2 aliphatic rings. The van der Waals surface area contributed by atoms with Crippen molar-refractivity contribution in [1.29, 1.82) is 0 Å². The van der Waals surface area contributed by atoms with Crippen LogP contribution in [0.4, 0.5) is 0 Å². The fraction of sp³-hybridized carbons (Fsp3) is 0.308. The van der Waals surface area contributed by atoms with Gasteiger partial charge in [-0.25, -0.2) is 4.98 Å². The Morgan fingerprint density at radius 2 is 2.00 bits per heavy atom. The smallest absolute Gasteiger partial charge is 0.171 e. The van der Waals surface area contributed by atoms with Gasteiger partial charge < -0.3 is 19.0 Å². The van der Waals surface area contributed by atoms with Gasteiger partial charge in [-0.1, -0.05) is 41.6 Å². The number of nitrogens with zero attached hydrogens (tertiary/aromatic N) is 4. The number of amidine groups is 1. The van der Waals surface area contributed by atoms with Crippen LogP contribution in [0.5, 0.6) is 5.75 Å². The molecule has 0 bridgehead atoms. The van der Waals surface area contributed by atoms with Crippen LogP contribution in [0.3, 0.4) is 0 Å². The lowest BCUT2D eigenvalue weighted by atomic mass is 9.99. The summed E-state index contributed by atoms with van der Waals surface area (Å²) in [6.45, 7) is 3.94. The summed E-state index contributed by atoms with van der Waals surface area (Å²) in [4.78, 5) is 12.7. The number of rotatable bonds is 4. The largest absolute Gasteiger partial charge is 0.495 e. The zero-order valence-electron chi connectivity index (χ0n) is 18.6. The van der Waals surface area contributed by atoms with E-state index in [2.05, 4.69) is 63.6 Å². The van der Waals surface area contributed by atoms with Gasteiger partial charge in [0.2, 0.25) is 0 Å². The average Bonchev–Trinajstić information content (AvgIpc) is 3.13. The number of methoxy groups -OCH3 is 1. The maximum Gasteiger partial charge on any atom is 0.171 e. The lowest BCUT2D eigenvalue weighted by Crippen LogP contribution is -2.37. The average molecular weight is 429 g/mol. The molecule has 2 aliphatic heterocycles. The highest BCUT2D eigenvalue weighted by molar-refractivity contribution is 6.02. The Labute approximate surface area is 188 Å². The van der Waals surface area contributed by atoms with Gasteiger partial charge >= 0.3 is 0 Å². The minimum atomic E-state index is -0.00596. The molecule has 5 rings (SSSR count). The van der Waals surface area contributed by atoms with E-state index in [0.717, 1.165) is 60.9 Å². The molecule has 6 heteroatoms. The molecular weight excluding hydrogens is 400 g/mol. The van der Waals surface area contributed by atoms with E-state index in [-0.39, 0.29) is 6.10 Å². The van der Waals surface area contributed by atoms with E-state index in [4.69, 9.17) is 9.57 Å². The number of aryl methyl sites for hydroxylation is 1. The molecule has 1 aromatic heterocycles. The molecule has 3 aromatic rings. The number of piperidine rings is 1. The SMILES string of the molecule is COc1cc(/C=C2\CCCN3CC[C@@H](c4ccccc4)ON=C23)ccc1-n1cnc(C)c1. The first-order chi connectivity index (χ1) is 15.7. The summed E-state index contributed by atoms with van der Waals surface area (Å²) < 4.78 is 7.67. The van der Waals surface area contributed by atoms with Crippen molar-refractivity contribution in [2.75, 3.05) is 20.2 Å². The first kappa shape index (κ1) is 20.4. The number of imidazole rings is 1. The third kappa shape index (κ3) is 4.13. The van der Waals surface area contributed by atoms with Gasteiger partial charge in [0.15, 0.2) is 11.9 Å². The van der Waals surface area contributed by atoms with Gasteiger partial charge in [-0.05, 0) is 54.7 Å². The number of benzene rings is 2. The molecular formula is C26H28N4O2. The zero-order chi connectivity index (χ0) is 21.9. The fourth-order valence-corrected chi connectivity index (χ4v) is 4.44. The van der Waals surface area contributed by atoms with Gasteiger partial charge in [0.1, 0.15) is 5.75 Å². The number of hydrogen-bond donors (Lipinski definition) is 0. The summed E-state index contributed by atoms with van der Waals surface area (Å²) in [6, 6.07) is 16.6. The second kappa shape index (κ2) is 8.91. The highest BCUT2D eigenvalue weighted by Gasteiger charge is 2.27. The highest BCUT2D eigenvalue weighted by atomic mass is 16.6. The van der Waals surface area contributed by atoms with E-state index in [0.29, 0.717) is 0 Å². The molecule has 2 aromatic carbocycles. The minimum Gasteiger partial charge on any atom is -0.495 e. The molecule has 0 amide bonds. The third-order valence-electron chi connectivity index (χ3n) is 6.09. The Kier molecular flexibility index (Phi) is 5.67. The van der Waals surface area contributed by atoms with Crippen molar-refractivity contribution in [2.45, 2.75) is 32.3 Å². The van der Waals surface area contributed by atoms with E-state index in [1.54, 1.807) is 7.11 Å². The van der Waals surface area contributed by atoms with Crippen molar-refractivity contribution in [2.24, 2.45) is 5.16 Å². The number of fused-ring (bicyclic) bond motifs is 1. The Morgan fingerprint density at radius 3 is 2.78 bits per heavy atom. The molecule has 1 saturated heterocycles. The Balaban J connectivity index is 1.43. The summed E-state index contributed by atoms with van der Waals surface area (Å²) in [5, 5.41) is 4.62. The lowest BCUT2D eigenvalue weighted by Gasteiger charge is -2.29. The van der Waals surface area contributed by atoms with Crippen LogP contribution in [0.15, 0.2) is 71.8 Å². The van der Waals surface area contributed by atoms with E-state index in [1.165, 1.54) is 11.1 Å². The highest BCUT2D eigenvalue weighted by Crippen LogP contribution is 2.31. The molecule has 0 saturated carbocycles. The fourth-order valence-electron chi connectivity index (χ4n) is 4.44. The quantitative estimate of drug-likeness (QED) is 0.577. The molecule has 32 heavy (non-hydrogen) atoms. The second-order valence-corrected chi connectivity index (χ2v) is 8.32. The van der Waals surface area contributed by atoms with Crippen LogP contribution >= 0.6 is 0 Å². The maximum absolute atomic E-state index is 6.02. The van der Waals surface area contributed by atoms with Crippen molar-refractivity contribution < 1.29 is 9.57 Å². The minimum absolute atomic E-state index is 0.00596. The van der Waals surface area contributed by atoms with Crippen molar-refractivity contribution >= 4 is 11.9 Å². The molecule has 0 aliphatic carbocycles. The first-order valence-corrected chi connectivity index (χ1v) is 11.1. The van der Waals surface area contributed by atoms with E-state index in [9.17, 15) is 0 Å². The molecule has 164 valence electrons. The van der Waals surface area contributed by atoms with Crippen LogP contribution in [-0.2, 0) is 4.84 Å². The summed E-state index contributed by atoms with van der Waals surface area (Å²) >= 11 is 0. The van der Waals surface area contributed by atoms with Crippen LogP contribution < -0.4 is 4.74 Å². The predicted molar refractivity (Wildman–Crippen MR) is 126 cm³/mol. The normalized spacial score (nSPS) is 19.7. The number of hydrogen-bond acceptors (Lipinski definition) is 5. The van der Waals surface area contributed by atoms with Crippen molar-refractivity contribution in [1.82, 2.24) is 14.5 Å². The Bertz CT molecular complexity index is 1150. The van der Waals surface area contributed by atoms with Crippen LogP contribution in [0, 0.1) is 6.92 Å². The summed E-state index contributed by atoms with van der Waals surface area (Å²) in [5.74, 6) is 1.77. The molecule has 0 unspecified atom stereocenters. The van der Waals surface area contributed by atoms with Crippen LogP contribution in [0.25, 0.3) is 11.8 Å². The second-order valence-electron chi connectivity index (χ2n) is 8.32. The summed E-state index contributed by atoms with van der Waals surface area (Å²) in [7, 11) is 1.70. The summed E-state index contributed by atoms with van der Waals surface area (Å²) in [6.07, 6.45) is 9.04. The van der Waals surface area contributed by atoms with Gasteiger partial charge in [-0.3, -0.25) is 0 Å². The lowest BCUT2D eigenvalue weighted by molar-refractivity contribution is 0.0576. The van der Waals surface area contributed by atoms with Crippen LogP contribution in [0.2, 0.25) is 0 Å². The van der Waals surface area contributed by atoms with E-state index >= 15 is 0 Å². The predicted octanol–water partition coefficient (Wildman–Crippen LogP) is 5.14. The Hall–Kier alpha value is -3.54. The number of oxime groups is 1. The van der Waals surface area contributed by atoms with Crippen molar-refractivity contribution in [3.05, 3.63) is 83.4 Å². The molecule has 6 nitrogen and oxygen atoms in total. The van der Waals surface area contributed by atoms with E-state index in [1.807, 2.05) is 30.1 Å². The molecule has 0 spiro atoms. The zero-order valence-corrected chi connectivity index (χ0v) is 18.6. The summed E-state index contributed by atoms with van der Waals surface area (Å²) in [5.41, 5.74) is 5.42. The van der Waals surface area contributed by atoms with Gasteiger partial charge in [0, 0.05) is 25.7 Å². The van der Waals surface area contributed by atoms with Gasteiger partial charge in [-0.15, -0.1) is 0 Å². The van der Waals surface area contributed by atoms with Crippen molar-refractivity contribution in [3.63, 3.8) is 0 Å². The monoisotopic (exact) mass is 428 g/mol. The van der Waals surface area contributed by atoms with E-state index < -0.39 is 0 Å². The molecule has 0 N–H and O–H groups in total. The number of ether oxygens (including phenoxy) is 1. The molecule has 3 heterocycles. The first-order valence-electron chi connectivity index (χ1n) is 11.1. The van der Waals surface area contributed by atoms with Gasteiger partial charge in [-0.2, -0.15) is 0 Å². The molecule has 0 radical (unpaired) electrons. The molecule has 1 fully saturated rings. The standard InChI is InChI=1S/C26H28N4O2/c1-19-17-30(18-27-19)23-11-10-20(16-25(23)31-2)15-22-9-6-13-29-14-12-24(32-28-26(22)29)21-7-4-3-5-8-21/h3-5,7-8,10-11,15-18,24H,6,9,12-14H2,1-2H3/b22-15+/t24-/m0/s1. The Morgan fingerprint density at radius 1 is 1.12 bits per heavy atom. The van der Waals surface area contributed by atoms with Crippen LogP contribution in [-0.4, -0.2) is 40.5 Å². The van der Waals surface area contributed by atoms with Crippen molar-refractivity contribution in [3.8, 4) is 11.4 Å². The third-order valence-corrected chi connectivity index (χ3v) is 6.09.